The van der Waals surface area contributed by atoms with E-state index in [4.69, 9.17) is 0 Å². The van der Waals surface area contributed by atoms with Crippen LogP contribution in [0.25, 0.3) is 0 Å². The largest absolute Gasteiger partial charge is 0.331 e. The first-order chi connectivity index (χ1) is 8.63. The van der Waals surface area contributed by atoms with E-state index < -0.39 is 0 Å². The van der Waals surface area contributed by atoms with Gasteiger partial charge in [-0.1, -0.05) is 0 Å². The molecule has 2 rings (SSSR count). The summed E-state index contributed by atoms with van der Waals surface area (Å²) in [6.07, 6.45) is 2.04. The summed E-state index contributed by atoms with van der Waals surface area (Å²) in [7, 11) is 0. The van der Waals surface area contributed by atoms with Gasteiger partial charge in [0.1, 0.15) is 0 Å². The number of nitrogens with zero attached hydrogens (tertiary/aromatic N) is 1. The summed E-state index contributed by atoms with van der Waals surface area (Å²) >= 11 is 1.69. The van der Waals surface area contributed by atoms with Gasteiger partial charge in [0.15, 0.2) is 0 Å². The molecule has 1 N–H and O–H groups in total. The first-order valence-corrected chi connectivity index (χ1v) is 7.53. The van der Waals surface area contributed by atoms with Gasteiger partial charge < -0.3 is 10.2 Å². The smallest absolute Gasteiger partial charge is 0.254 e. The number of benzene rings is 1. The zero-order valence-electron chi connectivity index (χ0n) is 11.1. The number of amides is 1. The van der Waals surface area contributed by atoms with Crippen LogP contribution in [0.2, 0.25) is 0 Å². The number of thioether (sulfide) groups is 1. The van der Waals surface area contributed by atoms with Gasteiger partial charge in [-0.15, -0.1) is 11.8 Å². The fraction of sp³-hybridized carbons (Fsp3) is 0.500. The summed E-state index contributed by atoms with van der Waals surface area (Å²) in [5, 5.41) is 3.34. The Labute approximate surface area is 113 Å². The quantitative estimate of drug-likeness (QED) is 0.831. The van der Waals surface area contributed by atoms with Crippen molar-refractivity contribution in [2.45, 2.75) is 30.8 Å². The third-order valence-corrected chi connectivity index (χ3v) is 4.14. The number of piperazine rings is 1. The fourth-order valence-corrected chi connectivity index (χ4v) is 2.82. The molecule has 4 heteroatoms. The molecule has 1 aliphatic heterocycles. The van der Waals surface area contributed by atoms with Gasteiger partial charge in [0.2, 0.25) is 0 Å². The van der Waals surface area contributed by atoms with Gasteiger partial charge in [-0.2, -0.15) is 0 Å². The molecule has 0 bridgehead atoms. The fourth-order valence-electron chi connectivity index (χ4n) is 2.42. The van der Waals surface area contributed by atoms with E-state index in [-0.39, 0.29) is 18.0 Å². The minimum Gasteiger partial charge on any atom is -0.331 e. The van der Waals surface area contributed by atoms with E-state index >= 15 is 0 Å². The van der Waals surface area contributed by atoms with Crippen LogP contribution >= 0.6 is 11.8 Å². The second-order valence-electron chi connectivity index (χ2n) is 4.80. The van der Waals surface area contributed by atoms with Crippen LogP contribution in [0.5, 0.6) is 0 Å². The Morgan fingerprint density at radius 1 is 1.22 bits per heavy atom. The molecule has 0 radical (unpaired) electrons. The van der Waals surface area contributed by atoms with Crippen LogP contribution in [0.4, 0.5) is 0 Å². The molecule has 0 spiro atoms. The highest BCUT2D eigenvalue weighted by Crippen LogP contribution is 2.18. The highest BCUT2D eigenvalue weighted by atomic mass is 32.2. The molecule has 1 heterocycles. The summed E-state index contributed by atoms with van der Waals surface area (Å²) in [6, 6.07) is 8.37. The molecule has 1 aliphatic rings. The first kappa shape index (κ1) is 13.4. The zero-order chi connectivity index (χ0) is 13.1. The second-order valence-corrected chi connectivity index (χ2v) is 5.68. The lowest BCUT2D eigenvalue weighted by atomic mass is 10.1. The average molecular weight is 264 g/mol. The van der Waals surface area contributed by atoms with Gasteiger partial charge in [0, 0.05) is 35.6 Å². The summed E-state index contributed by atoms with van der Waals surface area (Å²) in [6.45, 7) is 5.94. The molecule has 1 fully saturated rings. The van der Waals surface area contributed by atoms with Crippen LogP contribution in [0, 0.1) is 0 Å². The highest BCUT2D eigenvalue weighted by molar-refractivity contribution is 7.98. The number of rotatable bonds is 2. The van der Waals surface area contributed by atoms with Crippen molar-refractivity contribution >= 4 is 17.7 Å². The Kier molecular flexibility index (Phi) is 4.30. The summed E-state index contributed by atoms with van der Waals surface area (Å²) in [5.74, 6) is 0.143. The van der Waals surface area contributed by atoms with Crippen LogP contribution in [0.3, 0.4) is 0 Å². The Morgan fingerprint density at radius 3 is 2.28 bits per heavy atom. The highest BCUT2D eigenvalue weighted by Gasteiger charge is 2.29. The third kappa shape index (κ3) is 2.70. The van der Waals surface area contributed by atoms with E-state index in [2.05, 4.69) is 19.2 Å². The summed E-state index contributed by atoms with van der Waals surface area (Å²) < 4.78 is 0. The van der Waals surface area contributed by atoms with Gasteiger partial charge >= 0.3 is 0 Å². The zero-order valence-corrected chi connectivity index (χ0v) is 12.0. The molecule has 2 atom stereocenters. The lowest BCUT2D eigenvalue weighted by Gasteiger charge is -2.39. The van der Waals surface area contributed by atoms with Crippen molar-refractivity contribution in [3.8, 4) is 0 Å². The molecule has 0 aromatic heterocycles. The second kappa shape index (κ2) is 5.76. The summed E-state index contributed by atoms with van der Waals surface area (Å²) in [4.78, 5) is 15.7. The van der Waals surface area contributed by atoms with Crippen molar-refractivity contribution in [3.05, 3.63) is 29.8 Å². The van der Waals surface area contributed by atoms with E-state index in [0.717, 1.165) is 18.7 Å². The third-order valence-electron chi connectivity index (χ3n) is 3.40. The maximum atomic E-state index is 12.5. The van der Waals surface area contributed by atoms with E-state index in [1.54, 1.807) is 11.8 Å². The van der Waals surface area contributed by atoms with Crippen molar-refractivity contribution in [2.24, 2.45) is 0 Å². The van der Waals surface area contributed by atoms with Crippen LogP contribution in [0.1, 0.15) is 24.2 Å². The van der Waals surface area contributed by atoms with Gasteiger partial charge in [0.05, 0.1) is 0 Å². The maximum Gasteiger partial charge on any atom is 0.254 e. The standard InChI is InChI=1S/C14H20N2OS/c1-10-8-15-9-11(2)16(10)14(17)12-4-6-13(18-3)7-5-12/h4-7,10-11,15H,8-9H2,1-3H3. The molecular weight excluding hydrogens is 244 g/mol. The van der Waals surface area contributed by atoms with Crippen LogP contribution in [-0.2, 0) is 0 Å². The summed E-state index contributed by atoms with van der Waals surface area (Å²) in [5.41, 5.74) is 0.786. The molecule has 2 unspecified atom stereocenters. The minimum absolute atomic E-state index is 0.143. The number of carbonyl (C=O) groups is 1. The lowest BCUT2D eigenvalue weighted by Crippen LogP contribution is -2.57. The molecule has 1 saturated heterocycles. The van der Waals surface area contributed by atoms with Crippen LogP contribution < -0.4 is 5.32 Å². The Morgan fingerprint density at radius 2 is 1.78 bits per heavy atom. The van der Waals surface area contributed by atoms with Gasteiger partial charge in [-0.05, 0) is 44.4 Å². The Bertz CT molecular complexity index is 408. The maximum absolute atomic E-state index is 12.5. The lowest BCUT2D eigenvalue weighted by molar-refractivity contribution is 0.0544. The Balaban J connectivity index is 2.18. The van der Waals surface area contributed by atoms with E-state index in [1.807, 2.05) is 35.4 Å². The van der Waals surface area contributed by atoms with Gasteiger partial charge in [-0.25, -0.2) is 0 Å². The average Bonchev–Trinajstić information content (AvgIpc) is 2.38. The molecule has 1 amide bonds. The molecule has 0 aliphatic carbocycles. The minimum atomic E-state index is 0.143. The van der Waals surface area contributed by atoms with Crippen LogP contribution in [-0.4, -0.2) is 42.2 Å². The SMILES string of the molecule is CSc1ccc(C(=O)N2C(C)CNCC2C)cc1. The normalized spacial score (nSPS) is 24.1. The number of hydrogen-bond donors (Lipinski definition) is 1. The van der Waals surface area contributed by atoms with Crippen molar-refractivity contribution in [1.82, 2.24) is 10.2 Å². The number of nitrogens with one attached hydrogen (secondary N) is 1. The van der Waals surface area contributed by atoms with E-state index in [0.29, 0.717) is 0 Å². The van der Waals surface area contributed by atoms with Crippen molar-refractivity contribution < 1.29 is 4.79 Å². The predicted molar refractivity (Wildman–Crippen MR) is 76.2 cm³/mol. The molecule has 0 saturated carbocycles. The molecular formula is C14H20N2OS. The van der Waals surface area contributed by atoms with Crippen molar-refractivity contribution in [3.63, 3.8) is 0 Å². The van der Waals surface area contributed by atoms with E-state index in [9.17, 15) is 4.79 Å². The van der Waals surface area contributed by atoms with Gasteiger partial charge in [-0.3, -0.25) is 4.79 Å². The molecule has 98 valence electrons. The first-order valence-electron chi connectivity index (χ1n) is 6.31. The van der Waals surface area contributed by atoms with E-state index in [1.165, 1.54) is 4.90 Å². The number of carbonyl (C=O) groups excluding carboxylic acids is 1. The molecule has 1 aromatic rings. The molecule has 18 heavy (non-hydrogen) atoms. The topological polar surface area (TPSA) is 32.3 Å². The Hall–Kier alpha value is -1.00. The van der Waals surface area contributed by atoms with Gasteiger partial charge in [0.25, 0.3) is 5.91 Å². The number of hydrogen-bond acceptors (Lipinski definition) is 3. The monoisotopic (exact) mass is 264 g/mol. The molecule has 1 aromatic carbocycles. The predicted octanol–water partition coefficient (Wildman–Crippen LogP) is 2.23. The van der Waals surface area contributed by atoms with Crippen molar-refractivity contribution in [1.29, 1.82) is 0 Å². The molecule has 3 nitrogen and oxygen atoms in total. The van der Waals surface area contributed by atoms with Crippen LogP contribution in [0.15, 0.2) is 29.2 Å². The van der Waals surface area contributed by atoms with Crippen molar-refractivity contribution in [2.75, 3.05) is 19.3 Å².